The van der Waals surface area contributed by atoms with Crippen LogP contribution in [0.15, 0.2) is 0 Å². The van der Waals surface area contributed by atoms with Crippen LogP contribution in [0.3, 0.4) is 0 Å². The lowest BCUT2D eigenvalue weighted by molar-refractivity contribution is 0.202. The Morgan fingerprint density at radius 2 is 2.21 bits per heavy atom. The fraction of sp³-hybridized carbons (Fsp3) is 0.846. The van der Waals surface area contributed by atoms with Crippen LogP contribution in [0.2, 0.25) is 0 Å². The summed E-state index contributed by atoms with van der Waals surface area (Å²) in [5.74, 6) is 1.80. The van der Waals surface area contributed by atoms with Crippen LogP contribution in [0.1, 0.15) is 38.6 Å². The number of nitrogens with zero attached hydrogens (tertiary/aromatic N) is 3. The van der Waals surface area contributed by atoms with Crippen molar-refractivity contribution in [2.45, 2.75) is 44.7 Å². The van der Waals surface area contributed by atoms with Gasteiger partial charge < -0.3 is 9.64 Å². The minimum Gasteiger partial charge on any atom is -0.383 e. The molecule has 0 aliphatic heterocycles. The van der Waals surface area contributed by atoms with Crippen molar-refractivity contribution in [2.24, 2.45) is 5.92 Å². The average Bonchev–Trinajstić information content (AvgIpc) is 3.29. The van der Waals surface area contributed by atoms with Gasteiger partial charge in [-0.3, -0.25) is 4.57 Å². The molecule has 3 rings (SSSR count). The molecule has 2 fully saturated rings. The molecular formula is C13H22N4OS. The number of H-pyrrole nitrogens is 1. The van der Waals surface area contributed by atoms with E-state index in [4.69, 9.17) is 17.0 Å². The van der Waals surface area contributed by atoms with Crippen LogP contribution in [0.5, 0.6) is 0 Å². The molecule has 6 heteroatoms. The highest BCUT2D eigenvalue weighted by Gasteiger charge is 2.36. The van der Waals surface area contributed by atoms with E-state index in [1.807, 2.05) is 0 Å². The maximum Gasteiger partial charge on any atom is 0.226 e. The molecule has 2 saturated carbocycles. The SMILES string of the molecule is COCCN(c1n[nH]c(=S)n1C1CC1)C(C)C1CC1. The van der Waals surface area contributed by atoms with Crippen molar-refractivity contribution in [3.8, 4) is 0 Å². The van der Waals surface area contributed by atoms with Gasteiger partial charge in [0.25, 0.3) is 0 Å². The number of methoxy groups -OCH3 is 1. The fourth-order valence-electron chi connectivity index (χ4n) is 2.67. The number of aromatic amines is 1. The van der Waals surface area contributed by atoms with Crippen LogP contribution in [-0.2, 0) is 4.74 Å². The van der Waals surface area contributed by atoms with Gasteiger partial charge in [-0.1, -0.05) is 0 Å². The number of aromatic nitrogens is 3. The van der Waals surface area contributed by atoms with Gasteiger partial charge in [0.15, 0.2) is 4.77 Å². The van der Waals surface area contributed by atoms with E-state index in [0.717, 1.165) is 29.8 Å². The highest BCUT2D eigenvalue weighted by atomic mass is 32.1. The summed E-state index contributed by atoms with van der Waals surface area (Å²) in [4.78, 5) is 2.37. The van der Waals surface area contributed by atoms with Crippen molar-refractivity contribution in [3.63, 3.8) is 0 Å². The lowest BCUT2D eigenvalue weighted by Crippen LogP contribution is -2.39. The average molecular weight is 282 g/mol. The van der Waals surface area contributed by atoms with E-state index in [9.17, 15) is 0 Å². The summed E-state index contributed by atoms with van der Waals surface area (Å²) in [6.45, 7) is 3.89. The van der Waals surface area contributed by atoms with E-state index in [2.05, 4.69) is 26.6 Å². The molecule has 0 spiro atoms. The molecular weight excluding hydrogens is 260 g/mol. The van der Waals surface area contributed by atoms with E-state index in [0.29, 0.717) is 12.1 Å². The second kappa shape index (κ2) is 5.25. The number of ether oxygens (including phenoxy) is 1. The maximum atomic E-state index is 5.38. The van der Waals surface area contributed by atoms with Gasteiger partial charge in [-0.25, -0.2) is 5.10 Å². The molecule has 1 aromatic heterocycles. The smallest absolute Gasteiger partial charge is 0.226 e. The van der Waals surface area contributed by atoms with Crippen molar-refractivity contribution in [1.82, 2.24) is 14.8 Å². The topological polar surface area (TPSA) is 46.1 Å². The molecule has 2 aliphatic rings. The summed E-state index contributed by atoms with van der Waals surface area (Å²) in [7, 11) is 1.75. The normalized spacial score (nSPS) is 20.5. The van der Waals surface area contributed by atoms with Crippen molar-refractivity contribution in [1.29, 1.82) is 0 Å². The van der Waals surface area contributed by atoms with Crippen molar-refractivity contribution < 1.29 is 4.74 Å². The minimum absolute atomic E-state index is 0.512. The third kappa shape index (κ3) is 2.69. The van der Waals surface area contributed by atoms with Crippen LogP contribution >= 0.6 is 12.2 Å². The quantitative estimate of drug-likeness (QED) is 0.781. The zero-order chi connectivity index (χ0) is 13.4. The molecule has 1 heterocycles. The first-order valence-corrected chi connectivity index (χ1v) is 7.55. The molecule has 0 saturated heterocycles. The Morgan fingerprint density at radius 1 is 1.47 bits per heavy atom. The van der Waals surface area contributed by atoms with E-state index < -0.39 is 0 Å². The second-order valence-corrected chi connectivity index (χ2v) is 6.08. The number of nitrogens with one attached hydrogen (secondary N) is 1. The number of hydrogen-bond acceptors (Lipinski definition) is 4. The first kappa shape index (κ1) is 13.1. The lowest BCUT2D eigenvalue weighted by atomic mass is 10.2. The summed E-state index contributed by atoms with van der Waals surface area (Å²) in [6, 6.07) is 1.07. The molecule has 0 amide bonds. The van der Waals surface area contributed by atoms with E-state index in [-0.39, 0.29) is 0 Å². The number of hydrogen-bond donors (Lipinski definition) is 1. The van der Waals surface area contributed by atoms with E-state index in [1.54, 1.807) is 7.11 Å². The molecule has 5 nitrogen and oxygen atoms in total. The number of rotatable bonds is 7. The Balaban J connectivity index is 1.87. The van der Waals surface area contributed by atoms with Gasteiger partial charge in [0.2, 0.25) is 5.95 Å². The standard InChI is InChI=1S/C13H22N4OS/c1-9(10-3-4-10)16(7-8-18-2)12-14-15-13(19)17(12)11-5-6-11/h9-11H,3-8H2,1-2H3,(H,15,19). The maximum absolute atomic E-state index is 5.38. The summed E-state index contributed by atoms with van der Waals surface area (Å²) in [6.07, 6.45) is 5.10. The molecule has 1 unspecified atom stereocenters. The second-order valence-electron chi connectivity index (χ2n) is 5.69. The Bertz CT molecular complexity index is 489. The van der Waals surface area contributed by atoms with Crippen molar-refractivity contribution in [2.75, 3.05) is 25.2 Å². The van der Waals surface area contributed by atoms with Gasteiger partial charge in [-0.15, -0.1) is 5.10 Å². The lowest BCUT2D eigenvalue weighted by Gasteiger charge is -2.30. The molecule has 2 aliphatic carbocycles. The summed E-state index contributed by atoms with van der Waals surface area (Å²) in [5.41, 5.74) is 0. The highest BCUT2D eigenvalue weighted by Crippen LogP contribution is 2.40. The predicted octanol–water partition coefficient (Wildman–Crippen LogP) is 2.53. The number of anilines is 1. The zero-order valence-electron chi connectivity index (χ0n) is 11.6. The summed E-state index contributed by atoms with van der Waals surface area (Å²) >= 11 is 5.38. The molecule has 1 N–H and O–H groups in total. The van der Waals surface area contributed by atoms with E-state index in [1.165, 1.54) is 25.7 Å². The van der Waals surface area contributed by atoms with Crippen LogP contribution in [0, 0.1) is 10.7 Å². The Kier molecular flexibility index (Phi) is 3.62. The van der Waals surface area contributed by atoms with Gasteiger partial charge in [-0.05, 0) is 50.7 Å². The van der Waals surface area contributed by atoms with Crippen LogP contribution in [-0.4, -0.2) is 41.1 Å². The summed E-state index contributed by atoms with van der Waals surface area (Å²) < 4.78 is 8.20. The Labute approximate surface area is 118 Å². The molecule has 1 atom stereocenters. The van der Waals surface area contributed by atoms with Gasteiger partial charge in [0.05, 0.1) is 6.61 Å². The highest BCUT2D eigenvalue weighted by molar-refractivity contribution is 7.71. The molecule has 0 aromatic carbocycles. The first-order valence-electron chi connectivity index (χ1n) is 7.15. The van der Waals surface area contributed by atoms with Crippen LogP contribution in [0.4, 0.5) is 5.95 Å². The monoisotopic (exact) mass is 282 g/mol. The van der Waals surface area contributed by atoms with E-state index >= 15 is 0 Å². The van der Waals surface area contributed by atoms with Gasteiger partial charge >= 0.3 is 0 Å². The van der Waals surface area contributed by atoms with Crippen LogP contribution in [0.25, 0.3) is 0 Å². The van der Waals surface area contributed by atoms with Crippen molar-refractivity contribution in [3.05, 3.63) is 4.77 Å². The van der Waals surface area contributed by atoms with Gasteiger partial charge in [-0.2, -0.15) is 0 Å². The largest absolute Gasteiger partial charge is 0.383 e. The summed E-state index contributed by atoms with van der Waals surface area (Å²) in [5, 5.41) is 7.44. The first-order chi connectivity index (χ1) is 9.22. The zero-order valence-corrected chi connectivity index (χ0v) is 12.4. The third-order valence-corrected chi connectivity index (χ3v) is 4.47. The molecule has 106 valence electrons. The predicted molar refractivity (Wildman–Crippen MR) is 77.1 cm³/mol. The Morgan fingerprint density at radius 3 is 2.79 bits per heavy atom. The van der Waals surface area contributed by atoms with Crippen LogP contribution < -0.4 is 4.90 Å². The molecule has 0 bridgehead atoms. The van der Waals surface area contributed by atoms with Gasteiger partial charge in [0.1, 0.15) is 0 Å². The molecule has 19 heavy (non-hydrogen) atoms. The fourth-order valence-corrected chi connectivity index (χ4v) is 2.95. The van der Waals surface area contributed by atoms with Gasteiger partial charge in [0, 0.05) is 25.7 Å². The minimum atomic E-state index is 0.512. The molecule has 0 radical (unpaired) electrons. The van der Waals surface area contributed by atoms with Crippen molar-refractivity contribution >= 4 is 18.2 Å². The molecule has 1 aromatic rings. The third-order valence-electron chi connectivity index (χ3n) is 4.19. The Hall–Kier alpha value is -0.880.